The molecule has 2 aliphatic heterocycles. The maximum absolute atomic E-state index is 13.6. The summed E-state index contributed by atoms with van der Waals surface area (Å²) in [5.41, 5.74) is 2.52. The molecule has 2 atom stereocenters. The summed E-state index contributed by atoms with van der Waals surface area (Å²) in [5, 5.41) is 0. The first-order valence-corrected chi connectivity index (χ1v) is 13.1. The van der Waals surface area contributed by atoms with E-state index >= 15 is 0 Å². The molecule has 0 radical (unpaired) electrons. The normalized spacial score (nSPS) is 17.9. The number of hydrogen-bond acceptors (Lipinski definition) is 6. The molecular formula is C30H33N3O5. The molecule has 38 heavy (non-hydrogen) atoms. The number of fused-ring (bicyclic) bond motifs is 1. The molecule has 5 rings (SSSR count). The minimum absolute atomic E-state index is 0.0482. The van der Waals surface area contributed by atoms with Crippen LogP contribution in [0.1, 0.15) is 57.8 Å². The molecule has 2 aliphatic rings. The molecular weight excluding hydrogens is 482 g/mol. The number of ether oxygens (including phenoxy) is 1. The zero-order chi connectivity index (χ0) is 26.8. The van der Waals surface area contributed by atoms with Crippen molar-refractivity contribution >= 4 is 23.4 Å². The standard InChI is InChI=1S/C30H33N3O5/c1-20(25-14-8-18-38-25)31(2)28(34)22-10-7-16-32(19-22)24-12-6-11-23-27(24)30(36)33(29(23)35)17-15-21-9-4-5-13-26(21)37-3/h4-6,8-9,11-14,18,20,22H,7,10,15-17,19H2,1-3H3/t20-,22+/m1/s1. The van der Waals surface area contributed by atoms with E-state index in [9.17, 15) is 14.4 Å². The van der Waals surface area contributed by atoms with Gasteiger partial charge in [0.25, 0.3) is 11.8 Å². The maximum atomic E-state index is 13.6. The fourth-order valence-electron chi connectivity index (χ4n) is 5.52. The molecule has 0 bridgehead atoms. The Morgan fingerprint density at radius 3 is 2.68 bits per heavy atom. The summed E-state index contributed by atoms with van der Waals surface area (Å²) in [6.07, 6.45) is 3.71. The predicted molar refractivity (Wildman–Crippen MR) is 143 cm³/mol. The largest absolute Gasteiger partial charge is 0.496 e. The molecule has 198 valence electrons. The van der Waals surface area contributed by atoms with E-state index in [1.54, 1.807) is 31.4 Å². The van der Waals surface area contributed by atoms with Gasteiger partial charge in [-0.25, -0.2) is 0 Å². The zero-order valence-electron chi connectivity index (χ0n) is 22.1. The number of piperidine rings is 1. The Bertz CT molecular complexity index is 1340. The number of methoxy groups -OCH3 is 1. The van der Waals surface area contributed by atoms with Crippen molar-refractivity contribution in [3.05, 3.63) is 83.3 Å². The van der Waals surface area contributed by atoms with Crippen LogP contribution in [0.3, 0.4) is 0 Å². The van der Waals surface area contributed by atoms with Crippen molar-refractivity contribution < 1.29 is 23.5 Å². The average Bonchev–Trinajstić information content (AvgIpc) is 3.58. The highest BCUT2D eigenvalue weighted by molar-refractivity contribution is 6.23. The third-order valence-corrected chi connectivity index (χ3v) is 7.77. The van der Waals surface area contributed by atoms with E-state index in [1.807, 2.05) is 55.5 Å². The number of nitrogens with zero attached hydrogens (tertiary/aromatic N) is 3. The molecule has 3 heterocycles. The van der Waals surface area contributed by atoms with Gasteiger partial charge in [-0.05, 0) is 62.1 Å². The van der Waals surface area contributed by atoms with Gasteiger partial charge in [0.1, 0.15) is 11.5 Å². The first-order chi connectivity index (χ1) is 18.4. The van der Waals surface area contributed by atoms with E-state index in [4.69, 9.17) is 9.15 Å². The summed E-state index contributed by atoms with van der Waals surface area (Å²) in [7, 11) is 3.41. The second-order valence-corrected chi connectivity index (χ2v) is 9.95. The second-order valence-electron chi connectivity index (χ2n) is 9.95. The van der Waals surface area contributed by atoms with Crippen LogP contribution in [-0.4, -0.2) is 61.3 Å². The van der Waals surface area contributed by atoms with Crippen LogP contribution in [0.15, 0.2) is 65.3 Å². The number of imide groups is 1. The Morgan fingerprint density at radius 1 is 1.11 bits per heavy atom. The quantitative estimate of drug-likeness (QED) is 0.409. The second kappa shape index (κ2) is 10.7. The van der Waals surface area contributed by atoms with Crippen LogP contribution in [0.5, 0.6) is 5.75 Å². The van der Waals surface area contributed by atoms with Crippen molar-refractivity contribution in [3.63, 3.8) is 0 Å². The summed E-state index contributed by atoms with van der Waals surface area (Å²) in [6.45, 7) is 3.43. The van der Waals surface area contributed by atoms with Gasteiger partial charge in [-0.1, -0.05) is 24.3 Å². The molecule has 8 nitrogen and oxygen atoms in total. The lowest BCUT2D eigenvalue weighted by molar-refractivity contribution is -0.136. The first kappa shape index (κ1) is 25.6. The lowest BCUT2D eigenvalue weighted by Crippen LogP contribution is -2.44. The van der Waals surface area contributed by atoms with Crippen LogP contribution in [0.2, 0.25) is 0 Å². The Hall–Kier alpha value is -4.07. The van der Waals surface area contributed by atoms with E-state index in [0.29, 0.717) is 24.1 Å². The molecule has 0 spiro atoms. The highest BCUT2D eigenvalue weighted by Crippen LogP contribution is 2.35. The minimum Gasteiger partial charge on any atom is -0.496 e. The van der Waals surface area contributed by atoms with Gasteiger partial charge >= 0.3 is 0 Å². The number of carbonyl (C=O) groups is 3. The zero-order valence-corrected chi connectivity index (χ0v) is 22.1. The van der Waals surface area contributed by atoms with Gasteiger partial charge in [-0.15, -0.1) is 0 Å². The monoisotopic (exact) mass is 515 g/mol. The van der Waals surface area contributed by atoms with Crippen molar-refractivity contribution in [2.75, 3.05) is 38.7 Å². The highest BCUT2D eigenvalue weighted by atomic mass is 16.5. The van der Waals surface area contributed by atoms with Gasteiger partial charge in [0.05, 0.1) is 42.1 Å². The fraction of sp³-hybridized carbons (Fsp3) is 0.367. The fourth-order valence-corrected chi connectivity index (χ4v) is 5.52. The van der Waals surface area contributed by atoms with Crippen LogP contribution in [-0.2, 0) is 11.2 Å². The van der Waals surface area contributed by atoms with Crippen LogP contribution in [0.25, 0.3) is 0 Å². The van der Waals surface area contributed by atoms with Gasteiger partial charge in [0.15, 0.2) is 0 Å². The molecule has 1 saturated heterocycles. The number of anilines is 1. The molecule has 0 N–H and O–H groups in total. The Balaban J connectivity index is 1.32. The number of para-hydroxylation sites is 1. The lowest BCUT2D eigenvalue weighted by atomic mass is 9.94. The SMILES string of the molecule is COc1ccccc1CCN1C(=O)c2cccc(N3CCC[C@H](C(=O)N(C)[C@H](C)c4ccco4)C3)c2C1=O. The third-order valence-electron chi connectivity index (χ3n) is 7.77. The number of carbonyl (C=O) groups excluding carboxylic acids is 3. The minimum atomic E-state index is -0.285. The predicted octanol–water partition coefficient (Wildman–Crippen LogP) is 4.56. The van der Waals surface area contributed by atoms with E-state index < -0.39 is 0 Å². The van der Waals surface area contributed by atoms with Gasteiger partial charge in [-0.2, -0.15) is 0 Å². The maximum Gasteiger partial charge on any atom is 0.263 e. The summed E-state index contributed by atoms with van der Waals surface area (Å²) in [6, 6.07) is 16.6. The number of benzene rings is 2. The number of furan rings is 1. The van der Waals surface area contributed by atoms with E-state index in [-0.39, 0.29) is 36.2 Å². The number of amides is 3. The van der Waals surface area contributed by atoms with Crippen molar-refractivity contribution in [1.29, 1.82) is 0 Å². The topological polar surface area (TPSA) is 83.3 Å². The molecule has 1 aromatic heterocycles. The lowest BCUT2D eigenvalue weighted by Gasteiger charge is -2.37. The summed E-state index contributed by atoms with van der Waals surface area (Å²) in [4.78, 5) is 45.4. The molecule has 2 aromatic carbocycles. The number of rotatable bonds is 8. The van der Waals surface area contributed by atoms with Crippen LogP contribution < -0.4 is 9.64 Å². The smallest absolute Gasteiger partial charge is 0.263 e. The van der Waals surface area contributed by atoms with E-state index in [0.717, 1.165) is 42.1 Å². The number of hydrogen-bond donors (Lipinski definition) is 0. The Kier molecular flexibility index (Phi) is 7.22. The Morgan fingerprint density at radius 2 is 1.92 bits per heavy atom. The van der Waals surface area contributed by atoms with Crippen LogP contribution >= 0.6 is 0 Å². The summed E-state index contributed by atoms with van der Waals surface area (Å²) in [5.74, 6) is 0.751. The van der Waals surface area contributed by atoms with Gasteiger partial charge in [-0.3, -0.25) is 19.3 Å². The highest BCUT2D eigenvalue weighted by Gasteiger charge is 2.39. The van der Waals surface area contributed by atoms with Gasteiger partial charge < -0.3 is 19.0 Å². The van der Waals surface area contributed by atoms with Crippen molar-refractivity contribution in [3.8, 4) is 5.75 Å². The molecule has 0 saturated carbocycles. The molecule has 3 aromatic rings. The van der Waals surface area contributed by atoms with Crippen molar-refractivity contribution in [2.45, 2.75) is 32.2 Å². The third kappa shape index (κ3) is 4.66. The molecule has 0 unspecified atom stereocenters. The van der Waals surface area contributed by atoms with Crippen LogP contribution in [0, 0.1) is 5.92 Å². The molecule has 0 aliphatic carbocycles. The average molecular weight is 516 g/mol. The van der Waals surface area contributed by atoms with Gasteiger partial charge in [0.2, 0.25) is 5.91 Å². The van der Waals surface area contributed by atoms with Crippen molar-refractivity contribution in [2.24, 2.45) is 5.92 Å². The molecule has 3 amide bonds. The van der Waals surface area contributed by atoms with E-state index in [1.165, 1.54) is 4.90 Å². The molecule has 1 fully saturated rings. The summed E-state index contributed by atoms with van der Waals surface area (Å²) < 4.78 is 10.9. The summed E-state index contributed by atoms with van der Waals surface area (Å²) >= 11 is 0. The first-order valence-electron chi connectivity index (χ1n) is 13.1. The Labute approximate surface area is 222 Å². The van der Waals surface area contributed by atoms with Crippen LogP contribution in [0.4, 0.5) is 5.69 Å². The molecule has 8 heteroatoms. The van der Waals surface area contributed by atoms with Crippen molar-refractivity contribution in [1.82, 2.24) is 9.80 Å². The van der Waals surface area contributed by atoms with E-state index in [2.05, 4.69) is 4.90 Å². The van der Waals surface area contributed by atoms with Gasteiger partial charge in [0, 0.05) is 26.7 Å².